The van der Waals surface area contributed by atoms with Gasteiger partial charge in [0.2, 0.25) is 5.92 Å². The lowest BCUT2D eigenvalue weighted by Gasteiger charge is -2.44. The third-order valence-electron chi connectivity index (χ3n) is 6.51. The third kappa shape index (κ3) is 5.34. The molecule has 2 aromatic heterocycles. The molecule has 35 heavy (non-hydrogen) atoms. The van der Waals surface area contributed by atoms with Crippen molar-refractivity contribution in [2.45, 2.75) is 75.0 Å². The van der Waals surface area contributed by atoms with Crippen LogP contribution in [-0.2, 0) is 22.5 Å². The summed E-state index contributed by atoms with van der Waals surface area (Å²) in [6.07, 6.45) is -1.13. The Morgan fingerprint density at radius 2 is 1.91 bits per heavy atom. The Morgan fingerprint density at radius 3 is 2.46 bits per heavy atom. The molecule has 192 valence electrons. The molecular weight excluding hydrogens is 493 g/mol. The zero-order chi connectivity index (χ0) is 25.8. The number of alkyl halides is 5. The van der Waals surface area contributed by atoms with Crippen molar-refractivity contribution in [3.05, 3.63) is 35.3 Å². The van der Waals surface area contributed by atoms with Gasteiger partial charge in [-0.3, -0.25) is 9.48 Å². The van der Waals surface area contributed by atoms with E-state index in [-0.39, 0.29) is 23.0 Å². The molecule has 1 amide bonds. The number of rotatable bonds is 6. The fourth-order valence-corrected chi connectivity index (χ4v) is 5.76. The third-order valence-corrected chi connectivity index (χ3v) is 7.54. The molecule has 0 aliphatic heterocycles. The summed E-state index contributed by atoms with van der Waals surface area (Å²) in [7, 11) is -3.23. The second-order valence-electron chi connectivity index (χ2n) is 9.95. The molecule has 2 aliphatic carbocycles. The Morgan fingerprint density at radius 1 is 1.29 bits per heavy atom. The molecule has 0 bridgehead atoms. The molecule has 0 aromatic carbocycles. The van der Waals surface area contributed by atoms with Crippen LogP contribution in [0.3, 0.4) is 0 Å². The summed E-state index contributed by atoms with van der Waals surface area (Å²) in [4.78, 5) is 17.1. The molecule has 0 saturated heterocycles. The van der Waals surface area contributed by atoms with Crippen LogP contribution in [0.4, 0.5) is 27.6 Å². The number of nitrogens with zero attached hydrogens (tertiary/aromatic N) is 3. The largest absolute Gasteiger partial charge is 0.420 e. The van der Waals surface area contributed by atoms with Crippen LogP contribution < -0.4 is 5.32 Å². The van der Waals surface area contributed by atoms with E-state index in [4.69, 9.17) is 4.78 Å². The molecule has 2 aromatic rings. The predicted octanol–water partition coefficient (Wildman–Crippen LogP) is 5.68. The van der Waals surface area contributed by atoms with Gasteiger partial charge in [0.1, 0.15) is 16.3 Å². The highest BCUT2D eigenvalue weighted by atomic mass is 32.2. The van der Waals surface area contributed by atoms with Gasteiger partial charge >= 0.3 is 6.18 Å². The van der Waals surface area contributed by atoms with Gasteiger partial charge in [0, 0.05) is 43.4 Å². The molecule has 0 unspecified atom stereocenters. The smallest absolute Gasteiger partial charge is 0.320 e. The number of aromatic nitrogens is 3. The van der Waals surface area contributed by atoms with Gasteiger partial charge in [-0.05, 0) is 30.4 Å². The van der Waals surface area contributed by atoms with Crippen LogP contribution in [0.15, 0.2) is 23.4 Å². The van der Waals surface area contributed by atoms with Crippen LogP contribution in [0, 0.1) is 10.2 Å². The number of pyridine rings is 1. The zero-order valence-corrected chi connectivity index (χ0v) is 20.0. The van der Waals surface area contributed by atoms with Crippen LogP contribution in [0.25, 0.3) is 0 Å². The lowest BCUT2D eigenvalue weighted by Crippen LogP contribution is -2.47. The monoisotopic (exact) mass is 519 g/mol. The number of hydrogen-bond acceptors (Lipinski definition) is 5. The van der Waals surface area contributed by atoms with Gasteiger partial charge < -0.3 is 5.32 Å². The Hall–Kier alpha value is -2.57. The minimum absolute atomic E-state index is 0.00602. The molecule has 7 nitrogen and oxygen atoms in total. The van der Waals surface area contributed by atoms with Crippen molar-refractivity contribution in [2.24, 2.45) is 5.41 Å². The van der Waals surface area contributed by atoms with Gasteiger partial charge in [-0.2, -0.15) is 18.3 Å². The fraction of sp³-hybridized carbons (Fsp3) is 0.591. The SMILES string of the molecule is CC1(Cn2nc(C3CCCC3)c(C(F)(F)F)c2C(=O)Nc2ccnc([S@@](C)(=N)=O)c2)CC(F)(F)C1. The Balaban J connectivity index is 1.78. The van der Waals surface area contributed by atoms with E-state index < -0.39 is 63.2 Å². The molecule has 2 heterocycles. The van der Waals surface area contributed by atoms with Gasteiger partial charge in [-0.15, -0.1) is 0 Å². The maximum atomic E-state index is 14.3. The van der Waals surface area contributed by atoms with E-state index in [1.165, 1.54) is 19.2 Å². The molecular formula is C22H26F5N5O2S. The molecule has 2 N–H and O–H groups in total. The number of amides is 1. The molecule has 0 spiro atoms. The first-order valence-electron chi connectivity index (χ1n) is 11.1. The van der Waals surface area contributed by atoms with Crippen molar-refractivity contribution < 1.29 is 31.0 Å². The van der Waals surface area contributed by atoms with E-state index in [1.807, 2.05) is 0 Å². The van der Waals surface area contributed by atoms with Crippen molar-refractivity contribution in [3.8, 4) is 0 Å². The number of anilines is 1. The van der Waals surface area contributed by atoms with E-state index in [9.17, 15) is 31.0 Å². The maximum Gasteiger partial charge on any atom is 0.420 e. The summed E-state index contributed by atoms with van der Waals surface area (Å²) < 4.78 is 90.7. The van der Waals surface area contributed by atoms with Crippen LogP contribution >= 0.6 is 0 Å². The quantitative estimate of drug-likeness (QED) is 0.480. The molecule has 2 fully saturated rings. The summed E-state index contributed by atoms with van der Waals surface area (Å²) in [5, 5.41) is 6.42. The lowest BCUT2D eigenvalue weighted by atomic mass is 9.67. The summed E-state index contributed by atoms with van der Waals surface area (Å²) >= 11 is 0. The lowest BCUT2D eigenvalue weighted by molar-refractivity contribution is -0.160. The number of nitrogens with one attached hydrogen (secondary N) is 2. The van der Waals surface area contributed by atoms with Gasteiger partial charge in [0.25, 0.3) is 5.91 Å². The van der Waals surface area contributed by atoms with Crippen LogP contribution in [0.1, 0.15) is 73.1 Å². The first-order valence-corrected chi connectivity index (χ1v) is 13.1. The first kappa shape index (κ1) is 25.5. The summed E-state index contributed by atoms with van der Waals surface area (Å²) in [6, 6.07) is 2.46. The average Bonchev–Trinajstić information content (AvgIpc) is 3.33. The van der Waals surface area contributed by atoms with E-state index in [0.717, 1.165) is 29.8 Å². The second-order valence-corrected chi connectivity index (χ2v) is 12.1. The van der Waals surface area contributed by atoms with E-state index in [2.05, 4.69) is 15.4 Å². The highest BCUT2D eigenvalue weighted by Gasteiger charge is 2.54. The van der Waals surface area contributed by atoms with Gasteiger partial charge in [-0.1, -0.05) is 19.8 Å². The molecule has 13 heteroatoms. The van der Waals surface area contributed by atoms with E-state index in [1.54, 1.807) is 0 Å². The van der Waals surface area contributed by atoms with Crippen molar-refractivity contribution in [1.82, 2.24) is 14.8 Å². The molecule has 2 saturated carbocycles. The summed E-state index contributed by atoms with van der Waals surface area (Å²) in [6.45, 7) is 1.27. The highest BCUT2D eigenvalue weighted by molar-refractivity contribution is 7.91. The predicted molar refractivity (Wildman–Crippen MR) is 118 cm³/mol. The molecule has 1 atom stereocenters. The number of hydrogen-bond donors (Lipinski definition) is 2. The van der Waals surface area contributed by atoms with Gasteiger partial charge in [0.05, 0.1) is 15.4 Å². The second kappa shape index (κ2) is 8.52. The Kier molecular flexibility index (Phi) is 6.22. The number of carbonyl (C=O) groups is 1. The first-order chi connectivity index (χ1) is 16.1. The van der Waals surface area contributed by atoms with Crippen molar-refractivity contribution in [1.29, 1.82) is 4.78 Å². The molecule has 0 radical (unpaired) electrons. The van der Waals surface area contributed by atoms with Crippen molar-refractivity contribution in [3.63, 3.8) is 0 Å². The number of carbonyl (C=O) groups excluding carboxylic acids is 1. The van der Waals surface area contributed by atoms with Crippen LogP contribution in [-0.4, -0.2) is 37.1 Å². The van der Waals surface area contributed by atoms with Crippen molar-refractivity contribution >= 4 is 21.3 Å². The normalized spacial score (nSPS) is 21.3. The minimum atomic E-state index is -4.89. The minimum Gasteiger partial charge on any atom is -0.320 e. The topological polar surface area (TPSA) is 101 Å². The molecule has 2 aliphatic rings. The van der Waals surface area contributed by atoms with E-state index >= 15 is 0 Å². The van der Waals surface area contributed by atoms with Crippen LogP contribution in [0.2, 0.25) is 0 Å². The molecule has 4 rings (SSSR count). The number of halogens is 5. The Bertz CT molecular complexity index is 1240. The van der Waals surface area contributed by atoms with Crippen molar-refractivity contribution in [2.75, 3.05) is 11.6 Å². The average molecular weight is 520 g/mol. The summed E-state index contributed by atoms with van der Waals surface area (Å²) in [5.41, 5.74) is -3.12. The fourth-order valence-electron chi connectivity index (χ4n) is 5.15. The standard InChI is InChI=1S/C22H26F5N5O2S/c1-20(10-21(23,24)11-20)12-32-18(16(22(25,26)27)17(31-32)13-5-3-4-6-13)19(33)30-14-7-8-29-15(9-14)35(2,28)34/h7-9,13,28H,3-6,10-12H2,1-2H3,(H,29,30,33)/t35-/m0/s1. The highest BCUT2D eigenvalue weighted by Crippen LogP contribution is 2.53. The van der Waals surface area contributed by atoms with Gasteiger partial charge in [-0.25, -0.2) is 22.8 Å². The Labute approximate surface area is 199 Å². The van der Waals surface area contributed by atoms with Gasteiger partial charge in [0.15, 0.2) is 0 Å². The summed E-state index contributed by atoms with van der Waals surface area (Å²) in [5.74, 6) is -4.49. The zero-order valence-electron chi connectivity index (χ0n) is 19.2. The maximum absolute atomic E-state index is 14.3. The van der Waals surface area contributed by atoms with Crippen LogP contribution in [0.5, 0.6) is 0 Å². The van der Waals surface area contributed by atoms with E-state index in [0.29, 0.717) is 12.8 Å².